The quantitative estimate of drug-likeness (QED) is 0.666. The molecule has 2 heterocycles. The van der Waals surface area contributed by atoms with Crippen molar-refractivity contribution in [3.05, 3.63) is 51.4 Å². The van der Waals surface area contributed by atoms with Gasteiger partial charge in [0, 0.05) is 24.7 Å². The Morgan fingerprint density at radius 3 is 2.52 bits per heavy atom. The molecule has 27 heavy (non-hydrogen) atoms. The van der Waals surface area contributed by atoms with Crippen LogP contribution in [-0.4, -0.2) is 30.1 Å². The van der Waals surface area contributed by atoms with Gasteiger partial charge in [-0.05, 0) is 31.2 Å². The molecule has 2 aromatic heterocycles. The number of alkyl halides is 1. The minimum absolute atomic E-state index is 0.137. The number of rotatable bonds is 5. The lowest BCUT2D eigenvalue weighted by atomic mass is 10.3. The molecule has 3 aromatic rings. The van der Waals surface area contributed by atoms with Crippen LogP contribution in [0.4, 0.5) is 10.1 Å². The van der Waals surface area contributed by atoms with Crippen molar-refractivity contribution in [2.45, 2.75) is 23.9 Å². The maximum Gasteiger partial charge on any atom is 0.332 e. The molecule has 142 valence electrons. The number of aromatic nitrogens is 4. The van der Waals surface area contributed by atoms with Crippen LogP contribution in [-0.2, 0) is 25.4 Å². The number of amides is 1. The number of halogens is 1. The van der Waals surface area contributed by atoms with E-state index >= 15 is 0 Å². The molecule has 0 fully saturated rings. The average Bonchev–Trinajstić information content (AvgIpc) is 3.03. The first-order valence-corrected chi connectivity index (χ1v) is 8.97. The van der Waals surface area contributed by atoms with E-state index in [0.29, 0.717) is 5.69 Å². The van der Waals surface area contributed by atoms with Crippen LogP contribution in [0.2, 0.25) is 0 Å². The van der Waals surface area contributed by atoms with Crippen molar-refractivity contribution < 1.29 is 9.18 Å². The molecule has 3 rings (SSSR count). The molecule has 0 spiro atoms. The summed E-state index contributed by atoms with van der Waals surface area (Å²) in [6, 6.07) is 6.79. The predicted molar refractivity (Wildman–Crippen MR) is 102 cm³/mol. The average molecular weight is 391 g/mol. The first-order chi connectivity index (χ1) is 12.8. The molecule has 0 radical (unpaired) electrons. The lowest BCUT2D eigenvalue weighted by Crippen LogP contribution is -2.37. The number of thioether (sulfide) groups is 1. The zero-order valence-corrected chi connectivity index (χ0v) is 15.8. The minimum atomic E-state index is -1.02. The second kappa shape index (κ2) is 7.39. The molecule has 1 amide bonds. The van der Waals surface area contributed by atoms with Gasteiger partial charge in [-0.3, -0.25) is 18.7 Å². The summed E-state index contributed by atoms with van der Waals surface area (Å²) in [4.78, 5) is 41.5. The molecule has 10 heteroatoms. The van der Waals surface area contributed by atoms with E-state index < -0.39 is 16.8 Å². The summed E-state index contributed by atoms with van der Waals surface area (Å²) in [7, 11) is 2.89. The Morgan fingerprint density at radius 2 is 1.89 bits per heavy atom. The van der Waals surface area contributed by atoms with Crippen molar-refractivity contribution >= 4 is 34.5 Å². The number of aryl methyl sites for hydroxylation is 1. The van der Waals surface area contributed by atoms with Gasteiger partial charge >= 0.3 is 5.69 Å². The van der Waals surface area contributed by atoms with Crippen LogP contribution in [0.1, 0.15) is 6.92 Å². The second-order valence-corrected chi connectivity index (χ2v) is 7.34. The van der Waals surface area contributed by atoms with E-state index in [1.54, 1.807) is 24.3 Å². The molecule has 0 saturated heterocycles. The Kier molecular flexibility index (Phi) is 5.17. The van der Waals surface area contributed by atoms with E-state index in [1.807, 2.05) is 0 Å². The van der Waals surface area contributed by atoms with E-state index in [-0.39, 0.29) is 23.6 Å². The van der Waals surface area contributed by atoms with Crippen LogP contribution in [0, 0.1) is 0 Å². The van der Waals surface area contributed by atoms with Crippen LogP contribution < -0.4 is 16.6 Å². The van der Waals surface area contributed by atoms with Crippen LogP contribution >= 0.6 is 11.8 Å². The number of nitrogens with zero attached hydrogens (tertiary/aromatic N) is 4. The standard InChI is InChI=1S/C17H18FN5O3S/c1-10(18)27-12-6-4-11(5-7-12)20-13(24)8-23-9-19-15-14(23)16(25)22(3)17(26)21(15)2/h4-7,9-10H,8H2,1-3H3,(H,20,24). The van der Waals surface area contributed by atoms with Crippen molar-refractivity contribution in [1.29, 1.82) is 0 Å². The van der Waals surface area contributed by atoms with Gasteiger partial charge in [0.2, 0.25) is 5.91 Å². The van der Waals surface area contributed by atoms with Gasteiger partial charge in [-0.1, -0.05) is 11.8 Å². The van der Waals surface area contributed by atoms with Gasteiger partial charge in [-0.15, -0.1) is 0 Å². The molecule has 1 atom stereocenters. The van der Waals surface area contributed by atoms with Crippen LogP contribution in [0.25, 0.3) is 11.2 Å². The smallest absolute Gasteiger partial charge is 0.325 e. The van der Waals surface area contributed by atoms with E-state index in [2.05, 4.69) is 10.3 Å². The summed E-state index contributed by atoms with van der Waals surface area (Å²) >= 11 is 1.08. The fraction of sp³-hybridized carbons (Fsp3) is 0.294. The number of benzene rings is 1. The number of carbonyl (C=O) groups excluding carboxylic acids is 1. The molecule has 1 aromatic carbocycles. The highest BCUT2D eigenvalue weighted by Crippen LogP contribution is 2.25. The number of carbonyl (C=O) groups is 1. The van der Waals surface area contributed by atoms with Crippen molar-refractivity contribution in [1.82, 2.24) is 18.7 Å². The third-order valence-electron chi connectivity index (χ3n) is 3.97. The van der Waals surface area contributed by atoms with Crippen molar-refractivity contribution in [3.8, 4) is 0 Å². The summed E-state index contributed by atoms with van der Waals surface area (Å²) in [5.41, 5.74) is -1.06. The first kappa shape index (κ1) is 18.9. The molecule has 1 unspecified atom stereocenters. The first-order valence-electron chi connectivity index (χ1n) is 8.09. The highest BCUT2D eigenvalue weighted by molar-refractivity contribution is 7.99. The molecular weight excluding hydrogens is 373 g/mol. The number of hydrogen-bond acceptors (Lipinski definition) is 5. The summed E-state index contributed by atoms with van der Waals surface area (Å²) in [6.45, 7) is 1.32. The van der Waals surface area contributed by atoms with Gasteiger partial charge in [0.1, 0.15) is 12.0 Å². The third kappa shape index (κ3) is 3.80. The van der Waals surface area contributed by atoms with Crippen molar-refractivity contribution in [2.75, 3.05) is 5.32 Å². The SMILES string of the molecule is CC(F)Sc1ccc(NC(=O)Cn2cnc3c2c(=O)n(C)c(=O)n3C)cc1. The third-order valence-corrected chi connectivity index (χ3v) is 4.84. The number of hydrogen-bond donors (Lipinski definition) is 1. The monoisotopic (exact) mass is 391 g/mol. The highest BCUT2D eigenvalue weighted by atomic mass is 32.2. The number of nitrogens with one attached hydrogen (secondary N) is 1. The van der Waals surface area contributed by atoms with E-state index in [0.717, 1.165) is 21.2 Å². The fourth-order valence-electron chi connectivity index (χ4n) is 2.68. The normalized spacial score (nSPS) is 12.3. The molecule has 0 aliphatic heterocycles. The lowest BCUT2D eigenvalue weighted by Gasteiger charge is -2.09. The number of fused-ring (bicyclic) bond motifs is 1. The Labute approximate surface area is 157 Å². The molecule has 0 saturated carbocycles. The van der Waals surface area contributed by atoms with Gasteiger partial charge in [0.15, 0.2) is 11.2 Å². The lowest BCUT2D eigenvalue weighted by molar-refractivity contribution is -0.116. The Balaban J connectivity index is 1.81. The summed E-state index contributed by atoms with van der Waals surface area (Å²) in [5.74, 6) is -0.357. The molecular formula is C17H18FN5O3S. The maximum atomic E-state index is 13.0. The summed E-state index contributed by atoms with van der Waals surface area (Å²) < 4.78 is 16.6. The fourth-order valence-corrected chi connectivity index (χ4v) is 3.34. The minimum Gasteiger partial charge on any atom is -0.325 e. The molecule has 1 N–H and O–H groups in total. The van der Waals surface area contributed by atoms with Gasteiger partial charge in [-0.25, -0.2) is 14.2 Å². The summed E-state index contributed by atoms with van der Waals surface area (Å²) in [5, 5.41) is 2.72. The molecule has 0 bridgehead atoms. The topological polar surface area (TPSA) is 90.9 Å². The predicted octanol–water partition coefficient (Wildman–Crippen LogP) is 1.48. The van der Waals surface area contributed by atoms with E-state index in [4.69, 9.17) is 0 Å². The summed E-state index contributed by atoms with van der Waals surface area (Å²) in [6.07, 6.45) is 1.35. The maximum absolute atomic E-state index is 13.0. The zero-order chi connectivity index (χ0) is 19.7. The number of imidazole rings is 1. The molecule has 0 aliphatic carbocycles. The van der Waals surface area contributed by atoms with Gasteiger partial charge in [0.05, 0.1) is 6.33 Å². The van der Waals surface area contributed by atoms with E-state index in [9.17, 15) is 18.8 Å². The Hall–Kier alpha value is -2.88. The largest absolute Gasteiger partial charge is 0.332 e. The van der Waals surface area contributed by atoms with Gasteiger partial charge in [-0.2, -0.15) is 0 Å². The zero-order valence-electron chi connectivity index (χ0n) is 15.0. The van der Waals surface area contributed by atoms with Gasteiger partial charge in [0.25, 0.3) is 5.56 Å². The Morgan fingerprint density at radius 1 is 1.22 bits per heavy atom. The van der Waals surface area contributed by atoms with Crippen LogP contribution in [0.15, 0.2) is 45.1 Å². The van der Waals surface area contributed by atoms with Crippen LogP contribution in [0.3, 0.4) is 0 Å². The van der Waals surface area contributed by atoms with Gasteiger partial charge < -0.3 is 9.88 Å². The molecule has 0 aliphatic rings. The second-order valence-electron chi connectivity index (χ2n) is 5.98. The number of anilines is 1. The van der Waals surface area contributed by atoms with Crippen molar-refractivity contribution in [3.63, 3.8) is 0 Å². The highest BCUT2D eigenvalue weighted by Gasteiger charge is 2.16. The Bertz CT molecular complexity index is 1110. The van der Waals surface area contributed by atoms with Crippen LogP contribution in [0.5, 0.6) is 0 Å². The van der Waals surface area contributed by atoms with Crippen molar-refractivity contribution in [2.24, 2.45) is 14.1 Å². The van der Waals surface area contributed by atoms with E-state index in [1.165, 1.54) is 36.5 Å². The molecule has 8 nitrogen and oxygen atoms in total.